The van der Waals surface area contributed by atoms with E-state index in [0.717, 1.165) is 17.5 Å². The molecule has 0 aromatic rings. The van der Waals surface area contributed by atoms with Crippen LogP contribution in [0.1, 0.15) is 0 Å². The zero-order chi connectivity index (χ0) is 5.28. The zero-order valence-electron chi connectivity index (χ0n) is 3.92. The lowest BCUT2D eigenvalue weighted by Gasteiger charge is -1.84. The summed E-state index contributed by atoms with van der Waals surface area (Å²) in [5.41, 5.74) is 5.36. The maximum absolute atomic E-state index is 5.36. The molecule has 0 spiro atoms. The van der Waals surface area contributed by atoms with Crippen LogP contribution in [0.2, 0.25) is 0 Å². The highest BCUT2D eigenvalue weighted by Gasteiger charge is 2.13. The lowest BCUT2D eigenvalue weighted by Crippen LogP contribution is -2.26. The standard InChI is InChI=1S/C3H7N3S/c4-3-6(5)1-2-7-3/h4H,1-2,5H2/p+1. The lowest BCUT2D eigenvalue weighted by atomic mass is 10.8. The van der Waals surface area contributed by atoms with Crippen LogP contribution in [-0.2, 0) is 0 Å². The van der Waals surface area contributed by atoms with Crippen molar-refractivity contribution in [3.8, 4) is 0 Å². The summed E-state index contributed by atoms with van der Waals surface area (Å²) >= 11 is 1.60. The molecule has 1 aliphatic rings. The molecule has 0 aromatic carbocycles. The molecule has 0 saturated heterocycles. The summed E-state index contributed by atoms with van der Waals surface area (Å²) in [5.74, 6) is 6.36. The van der Waals surface area contributed by atoms with E-state index >= 15 is 0 Å². The quantitative estimate of drug-likeness (QED) is 0.315. The number of nitrogens with two attached hydrogens (primary N) is 2. The predicted octanol–water partition coefficient (Wildman–Crippen LogP) is -1.07. The van der Waals surface area contributed by atoms with E-state index in [1.54, 1.807) is 16.4 Å². The second-order valence-electron chi connectivity index (χ2n) is 1.38. The molecule has 1 heterocycles. The van der Waals surface area contributed by atoms with Crippen LogP contribution >= 0.6 is 11.8 Å². The van der Waals surface area contributed by atoms with Crippen molar-refractivity contribution in [3.05, 3.63) is 0 Å². The normalized spacial score (nSPS) is 21.1. The number of hydrazone groups is 1. The first-order chi connectivity index (χ1) is 3.30. The van der Waals surface area contributed by atoms with E-state index in [1.165, 1.54) is 0 Å². The Morgan fingerprint density at radius 3 is 2.57 bits per heavy atom. The Balaban J connectivity index is 2.64. The van der Waals surface area contributed by atoms with Crippen molar-refractivity contribution in [2.45, 2.75) is 0 Å². The SMILES string of the molecule is NC1=[N+](N)CCS1. The smallest absolute Gasteiger partial charge is 0.280 e. The van der Waals surface area contributed by atoms with Crippen LogP contribution in [0.15, 0.2) is 0 Å². The Morgan fingerprint density at radius 1 is 1.71 bits per heavy atom. The molecule has 0 unspecified atom stereocenters. The van der Waals surface area contributed by atoms with E-state index in [4.69, 9.17) is 11.6 Å². The molecule has 40 valence electrons. The van der Waals surface area contributed by atoms with E-state index in [0.29, 0.717) is 0 Å². The second kappa shape index (κ2) is 1.61. The van der Waals surface area contributed by atoms with Crippen LogP contribution in [0.4, 0.5) is 0 Å². The second-order valence-corrected chi connectivity index (χ2v) is 2.50. The van der Waals surface area contributed by atoms with Crippen molar-refractivity contribution in [2.24, 2.45) is 11.6 Å². The minimum atomic E-state index is 0.736. The third kappa shape index (κ3) is 0.796. The van der Waals surface area contributed by atoms with Gasteiger partial charge in [0, 0.05) is 5.75 Å². The van der Waals surface area contributed by atoms with Crippen LogP contribution in [0.25, 0.3) is 0 Å². The van der Waals surface area contributed by atoms with Gasteiger partial charge in [-0.25, -0.2) is 0 Å². The van der Waals surface area contributed by atoms with Crippen molar-refractivity contribution in [1.29, 1.82) is 0 Å². The molecular weight excluding hydrogens is 110 g/mol. The maximum Gasteiger partial charge on any atom is 0.327 e. The first kappa shape index (κ1) is 4.77. The highest BCUT2D eigenvalue weighted by Crippen LogP contribution is 2.03. The monoisotopic (exact) mass is 118 g/mol. The Labute approximate surface area is 46.3 Å². The molecule has 0 aliphatic carbocycles. The first-order valence-electron chi connectivity index (χ1n) is 2.08. The summed E-state index contributed by atoms with van der Waals surface area (Å²) in [5, 5.41) is 0.736. The third-order valence-corrected chi connectivity index (χ3v) is 1.78. The highest BCUT2D eigenvalue weighted by atomic mass is 32.2. The molecule has 4 heteroatoms. The van der Waals surface area contributed by atoms with E-state index in [2.05, 4.69) is 0 Å². The van der Waals surface area contributed by atoms with E-state index in [-0.39, 0.29) is 0 Å². The zero-order valence-corrected chi connectivity index (χ0v) is 4.74. The fraction of sp³-hybridized carbons (Fsp3) is 0.667. The lowest BCUT2D eigenvalue weighted by molar-refractivity contribution is -0.530. The fourth-order valence-corrected chi connectivity index (χ4v) is 1.20. The molecule has 0 aromatic heterocycles. The van der Waals surface area contributed by atoms with Gasteiger partial charge in [0.05, 0.1) is 0 Å². The van der Waals surface area contributed by atoms with Gasteiger partial charge < -0.3 is 0 Å². The van der Waals surface area contributed by atoms with Gasteiger partial charge in [0.2, 0.25) is 0 Å². The number of hydrogen-bond acceptors (Lipinski definition) is 3. The predicted molar refractivity (Wildman–Crippen MR) is 31.0 cm³/mol. The van der Waals surface area contributed by atoms with Crippen LogP contribution in [0.3, 0.4) is 0 Å². The summed E-state index contributed by atoms with van der Waals surface area (Å²) in [6.45, 7) is 0.885. The number of amidine groups is 1. The van der Waals surface area contributed by atoms with Gasteiger partial charge in [-0.15, -0.1) is 0 Å². The maximum atomic E-state index is 5.36. The number of rotatable bonds is 0. The van der Waals surface area contributed by atoms with Gasteiger partial charge in [0.1, 0.15) is 6.54 Å². The molecule has 0 bridgehead atoms. The van der Waals surface area contributed by atoms with Crippen LogP contribution in [0, 0.1) is 0 Å². The number of thioether (sulfide) groups is 1. The van der Waals surface area contributed by atoms with Gasteiger partial charge in [0.25, 0.3) is 0 Å². The Bertz CT molecular complexity index is 96.7. The summed E-state index contributed by atoms with van der Waals surface area (Å²) in [4.78, 5) is 0. The van der Waals surface area contributed by atoms with Crippen molar-refractivity contribution < 1.29 is 4.68 Å². The average molecular weight is 118 g/mol. The van der Waals surface area contributed by atoms with Gasteiger partial charge >= 0.3 is 5.17 Å². The number of hydrogen-bond donors (Lipinski definition) is 2. The molecule has 0 saturated carbocycles. The summed E-state index contributed by atoms with van der Waals surface area (Å²) in [7, 11) is 0. The summed E-state index contributed by atoms with van der Waals surface area (Å²) < 4.78 is 1.56. The van der Waals surface area contributed by atoms with Crippen molar-refractivity contribution in [1.82, 2.24) is 0 Å². The molecule has 0 radical (unpaired) electrons. The van der Waals surface area contributed by atoms with Crippen LogP contribution in [0.5, 0.6) is 0 Å². The largest absolute Gasteiger partial charge is 0.327 e. The topological polar surface area (TPSA) is 55.0 Å². The Hall–Kier alpha value is -0.380. The van der Waals surface area contributed by atoms with Gasteiger partial charge in [-0.05, 0) is 11.8 Å². The van der Waals surface area contributed by atoms with E-state index < -0.39 is 0 Å². The first-order valence-corrected chi connectivity index (χ1v) is 3.07. The molecular formula is C3H8N3S+. The molecule has 0 atom stereocenters. The van der Waals surface area contributed by atoms with Gasteiger partial charge in [-0.3, -0.25) is 11.6 Å². The van der Waals surface area contributed by atoms with Gasteiger partial charge in [-0.1, -0.05) is 0 Å². The molecule has 0 fully saturated rings. The number of hydrazine groups is 1. The van der Waals surface area contributed by atoms with Crippen molar-refractivity contribution in [3.63, 3.8) is 0 Å². The number of nitrogens with zero attached hydrogens (tertiary/aromatic N) is 1. The Morgan fingerprint density at radius 2 is 2.43 bits per heavy atom. The van der Waals surface area contributed by atoms with Gasteiger partial charge in [-0.2, -0.15) is 4.68 Å². The van der Waals surface area contributed by atoms with Crippen molar-refractivity contribution >= 4 is 16.9 Å². The minimum absolute atomic E-state index is 0.736. The van der Waals surface area contributed by atoms with Crippen LogP contribution in [-0.4, -0.2) is 22.1 Å². The summed E-state index contributed by atoms with van der Waals surface area (Å²) in [6.07, 6.45) is 0. The summed E-state index contributed by atoms with van der Waals surface area (Å²) in [6, 6.07) is 0. The third-order valence-electron chi connectivity index (χ3n) is 0.865. The molecule has 7 heavy (non-hydrogen) atoms. The molecule has 4 N–H and O–H groups in total. The van der Waals surface area contributed by atoms with E-state index in [9.17, 15) is 0 Å². The molecule has 1 rings (SSSR count). The molecule has 1 aliphatic heterocycles. The van der Waals surface area contributed by atoms with E-state index in [1.807, 2.05) is 0 Å². The average Bonchev–Trinajstić information content (AvgIpc) is 1.91. The van der Waals surface area contributed by atoms with Crippen molar-refractivity contribution in [2.75, 3.05) is 12.3 Å². The fourth-order valence-electron chi connectivity index (χ4n) is 0.442. The molecule has 0 amide bonds. The Kier molecular flexibility index (Phi) is 1.10. The van der Waals surface area contributed by atoms with Crippen LogP contribution < -0.4 is 11.6 Å². The minimum Gasteiger partial charge on any atom is -0.280 e. The highest BCUT2D eigenvalue weighted by molar-refractivity contribution is 8.13. The molecule has 3 nitrogen and oxygen atoms in total. The van der Waals surface area contributed by atoms with Gasteiger partial charge in [0.15, 0.2) is 0 Å².